The number of nitrogens with two attached hydrogens (primary N) is 1. The van der Waals surface area contributed by atoms with Gasteiger partial charge in [-0.05, 0) is 118 Å². The molecule has 0 spiro atoms. The number of likely N-dealkylation sites (N-methyl/N-ethyl adjacent to an activating group) is 3. The van der Waals surface area contributed by atoms with Crippen LogP contribution < -0.4 is 43.0 Å². The van der Waals surface area contributed by atoms with Crippen molar-refractivity contribution in [3.63, 3.8) is 0 Å². The normalized spacial score (nSPS) is 18.6. The number of urea groups is 1. The molecule has 0 radical (unpaired) electrons. The number of carbonyl (C=O) groups excluding carboxylic acids is 15. The number of rotatable bonds is 48. The van der Waals surface area contributed by atoms with Crippen molar-refractivity contribution < 1.29 is 104 Å². The topological polar surface area (TPSA) is 432 Å². The highest BCUT2D eigenvalue weighted by Gasteiger charge is 2.50. The molecule has 3 aliphatic heterocycles. The summed E-state index contributed by atoms with van der Waals surface area (Å²) in [7, 11) is 9.44. The summed E-state index contributed by atoms with van der Waals surface area (Å²) in [5, 5.41) is 18.9. The molecule has 119 heavy (non-hydrogen) atoms. The number of nitrogens with zero attached hydrogens (tertiary/aromatic N) is 6. The SMILES string of the molecule is CC[C@H](C)C([C@@H](CC(=O)N1C[C@@H](OC(=O)N(C)CCNC(=O)OCc2ccc(NC(=O)C(CCCNC(N)=O)NC(=O)[C@@H](NC(=O)CCCCCN3C(=O)CC(SCC4(CC(=O)ON5C(=O)CCC5=O)CC4)C3=O)C(C)C)cc2)C[C@H]1[C@H](OC)[C@@H](C)C(=O)NCCc1c(F)cccc1F)OC)N(C)C(=O)[C@@H](NC(=O)[C@H](C(C)C)N(C)C)C(C)C. The highest BCUT2D eigenvalue weighted by atomic mass is 32.2. The van der Waals surface area contributed by atoms with E-state index in [1.807, 2.05) is 41.5 Å². The zero-order valence-electron chi connectivity index (χ0n) is 71.3. The first-order valence-electron chi connectivity index (χ1n) is 40.9. The third kappa shape index (κ3) is 29.1. The van der Waals surface area contributed by atoms with Crippen LogP contribution in [0.15, 0.2) is 42.5 Å². The molecule has 3 heterocycles. The van der Waals surface area contributed by atoms with Crippen molar-refractivity contribution in [3.05, 3.63) is 65.2 Å². The lowest BCUT2D eigenvalue weighted by molar-refractivity contribution is -0.198. The standard InChI is InChI=1S/C82H124F2N14O20S/c1-16-50(8)71(95(13)78(110)69(48(4)5)92-76(108)70(49(6)7)93(10)11)60(114-14)41-65(102)97-44-54(40-59(97)72(115-15)51(9)73(105)86-36-32-55-56(83)22-20-23-57(55)84)117-81(113)94(12)39-37-88-80(112)116-45-52-26-28-53(29-27-52)89-74(106)58(24-21-35-87-79(85)111)90-75(107)68(47(2)3)91-62(99)25-18-17-19-38-96-66(103)42-61(77(96)109)119-46-82(33-34-82)43-67(104)118-98-63(100)30-31-64(98)101/h20,22-23,26-29,47-51,54,58-61,68-72H,16-19,21,24-25,30-46H2,1-15H3,(H,86,105)(H,88,112)(H,89,106)(H,90,107)(H,91,99)(H,92,108)(H3,85,87,111)/t50-,51+,54-,58?,59-,60+,61?,68-,69-,70-,71?,72+/m0/s1. The zero-order chi connectivity index (χ0) is 88.3. The Kier molecular flexibility index (Phi) is 38.6. The summed E-state index contributed by atoms with van der Waals surface area (Å²) < 4.78 is 52.7. The van der Waals surface area contributed by atoms with Crippen molar-refractivity contribution in [3.8, 4) is 0 Å². The van der Waals surface area contributed by atoms with E-state index < -0.39 is 154 Å². The fraction of sp³-hybridized carbons (Fsp3) is 0.671. The van der Waals surface area contributed by atoms with Gasteiger partial charge in [0.25, 0.3) is 11.8 Å². The van der Waals surface area contributed by atoms with Gasteiger partial charge < -0.3 is 81.4 Å². The number of thioether (sulfide) groups is 1. The molecule has 34 nitrogen and oxygen atoms in total. The van der Waals surface area contributed by atoms with Crippen LogP contribution in [0.4, 0.5) is 28.9 Å². The summed E-state index contributed by atoms with van der Waals surface area (Å²) >= 11 is 1.29. The van der Waals surface area contributed by atoms with E-state index in [0.717, 1.165) is 12.1 Å². The predicted octanol–water partition coefficient (Wildman–Crippen LogP) is 5.46. The van der Waals surface area contributed by atoms with Gasteiger partial charge in [0.2, 0.25) is 53.2 Å². The van der Waals surface area contributed by atoms with Gasteiger partial charge in [-0.15, -0.1) is 16.8 Å². The molecular weight excluding hydrogens is 1570 g/mol. The molecule has 15 amide bonds. The summed E-state index contributed by atoms with van der Waals surface area (Å²) in [6.45, 7) is 15.9. The molecule has 2 aromatic rings. The molecule has 12 atom stereocenters. The van der Waals surface area contributed by atoms with E-state index in [1.165, 1.54) is 58.7 Å². The third-order valence-corrected chi connectivity index (χ3v) is 23.7. The predicted molar refractivity (Wildman–Crippen MR) is 435 cm³/mol. The van der Waals surface area contributed by atoms with Gasteiger partial charge in [0.15, 0.2) is 0 Å². The molecule has 3 saturated heterocycles. The second-order valence-corrected chi connectivity index (χ2v) is 33.8. The first-order chi connectivity index (χ1) is 56.2. The molecule has 0 aromatic heterocycles. The van der Waals surface area contributed by atoms with Crippen molar-refractivity contribution in [2.24, 2.45) is 40.7 Å². The number of benzene rings is 2. The second kappa shape index (κ2) is 46.8. The van der Waals surface area contributed by atoms with Crippen molar-refractivity contribution in [1.82, 2.24) is 61.5 Å². The van der Waals surface area contributed by atoms with Crippen LogP contribution in [-0.4, -0.2) is 266 Å². The van der Waals surface area contributed by atoms with E-state index >= 15 is 4.79 Å². The maximum Gasteiger partial charge on any atom is 0.409 e. The summed E-state index contributed by atoms with van der Waals surface area (Å²) in [6.07, 6.45) is -1.68. The van der Waals surface area contributed by atoms with Crippen LogP contribution in [0.2, 0.25) is 0 Å². The number of carbonyl (C=O) groups is 15. The molecule has 1 aliphatic carbocycles. The van der Waals surface area contributed by atoms with Crippen LogP contribution in [0.5, 0.6) is 0 Å². The molecule has 6 rings (SSSR count). The Labute approximate surface area is 699 Å². The van der Waals surface area contributed by atoms with Gasteiger partial charge in [0.05, 0.1) is 60.9 Å². The summed E-state index contributed by atoms with van der Waals surface area (Å²) in [5.41, 5.74) is 5.41. The number of halogens is 2. The largest absolute Gasteiger partial charge is 0.445 e. The van der Waals surface area contributed by atoms with Crippen molar-refractivity contribution in [1.29, 1.82) is 0 Å². The van der Waals surface area contributed by atoms with Gasteiger partial charge in [-0.1, -0.05) is 93.4 Å². The van der Waals surface area contributed by atoms with E-state index in [-0.39, 0.29) is 157 Å². The number of hydrogen-bond donors (Lipinski definition) is 8. The van der Waals surface area contributed by atoms with Gasteiger partial charge in [0.1, 0.15) is 42.5 Å². The minimum Gasteiger partial charge on any atom is -0.445 e. The lowest BCUT2D eigenvalue weighted by Gasteiger charge is -2.41. The first kappa shape index (κ1) is 98.2. The van der Waals surface area contributed by atoms with Crippen LogP contribution in [0, 0.1) is 46.6 Å². The highest BCUT2D eigenvalue weighted by Crippen LogP contribution is 2.52. The number of ether oxygens (including phenoxy) is 4. The smallest absolute Gasteiger partial charge is 0.409 e. The quantitative estimate of drug-likeness (QED) is 0.0301. The zero-order valence-corrected chi connectivity index (χ0v) is 72.1. The Morgan fingerprint density at radius 3 is 1.96 bits per heavy atom. The van der Waals surface area contributed by atoms with Gasteiger partial charge in [-0.2, -0.15) is 0 Å². The van der Waals surface area contributed by atoms with Crippen molar-refractivity contribution in [2.45, 2.75) is 231 Å². The van der Waals surface area contributed by atoms with E-state index in [1.54, 1.807) is 71.1 Å². The molecule has 0 bridgehead atoms. The maximum atomic E-state index is 15.1. The monoisotopic (exact) mass is 1690 g/mol. The molecule has 9 N–H and O–H groups in total. The summed E-state index contributed by atoms with van der Waals surface area (Å²) in [5.74, 6) is -9.17. The summed E-state index contributed by atoms with van der Waals surface area (Å²) in [6, 6.07) is 3.64. The Morgan fingerprint density at radius 2 is 1.37 bits per heavy atom. The minimum absolute atomic E-state index is 0.00226. The average Bonchev–Trinajstić information content (AvgIpc) is 1.67. The average molecular weight is 1700 g/mol. The number of anilines is 1. The number of imide groups is 2. The fourth-order valence-corrected chi connectivity index (χ4v) is 16.5. The Morgan fingerprint density at radius 1 is 0.714 bits per heavy atom. The van der Waals surface area contributed by atoms with Crippen LogP contribution in [0.3, 0.4) is 0 Å². The fourth-order valence-electron chi connectivity index (χ4n) is 15.0. The molecule has 37 heteroatoms. The van der Waals surface area contributed by atoms with Crippen molar-refractivity contribution in [2.75, 3.05) is 92.7 Å². The van der Waals surface area contributed by atoms with E-state index in [9.17, 15) is 75.9 Å². The molecule has 3 unspecified atom stereocenters. The molecule has 4 fully saturated rings. The number of amides is 15. The second-order valence-electron chi connectivity index (χ2n) is 32.6. The number of primary amides is 1. The Bertz CT molecular complexity index is 3830. The van der Waals surface area contributed by atoms with Crippen LogP contribution in [0.1, 0.15) is 170 Å². The lowest BCUT2D eigenvalue weighted by Crippen LogP contribution is -2.59. The van der Waals surface area contributed by atoms with Crippen LogP contribution in [0.25, 0.3) is 0 Å². The van der Waals surface area contributed by atoms with Gasteiger partial charge in [-0.3, -0.25) is 62.5 Å². The first-order valence-corrected chi connectivity index (χ1v) is 42.0. The van der Waals surface area contributed by atoms with Crippen LogP contribution in [-0.2, 0) is 94.3 Å². The third-order valence-electron chi connectivity index (χ3n) is 22.2. The highest BCUT2D eigenvalue weighted by molar-refractivity contribution is 8.00. The number of hydroxylamine groups is 2. The van der Waals surface area contributed by atoms with Gasteiger partial charge >= 0.3 is 24.2 Å². The molecule has 2 aromatic carbocycles. The van der Waals surface area contributed by atoms with Gasteiger partial charge in [-0.25, -0.2) is 28.0 Å². The Balaban J connectivity index is 0.994. The lowest BCUT2D eigenvalue weighted by atomic mass is 9.89. The van der Waals surface area contributed by atoms with Gasteiger partial charge in [0, 0.05) is 110 Å². The Hall–Kier alpha value is -9.62. The molecule has 662 valence electrons. The molecular formula is C82H124F2N14O20S. The van der Waals surface area contributed by atoms with E-state index in [0.29, 0.717) is 60.6 Å². The van der Waals surface area contributed by atoms with E-state index in [2.05, 4.69) is 37.2 Å². The number of likely N-dealkylation sites (tertiary alicyclic amines) is 2. The van der Waals surface area contributed by atoms with Crippen LogP contribution >= 0.6 is 11.8 Å². The summed E-state index contributed by atoms with van der Waals surface area (Å²) in [4.78, 5) is 212. The number of unbranched alkanes of at least 4 members (excludes halogenated alkanes) is 2. The number of methoxy groups -OCH3 is 2. The molecule has 1 saturated carbocycles. The van der Waals surface area contributed by atoms with Crippen molar-refractivity contribution >= 4 is 107 Å². The number of hydrogen-bond acceptors (Lipinski definition) is 22. The maximum absolute atomic E-state index is 15.1. The van der Waals surface area contributed by atoms with E-state index in [4.69, 9.17) is 29.5 Å². The number of nitrogens with one attached hydrogen (secondary N) is 7. The molecule has 4 aliphatic rings. The number of alkyl carbamates (subject to hydrolysis) is 1. The minimum atomic E-state index is -1.17.